The highest BCUT2D eigenvalue weighted by atomic mass is 32.3. The van der Waals surface area contributed by atoms with E-state index in [0.717, 1.165) is 0 Å². The summed E-state index contributed by atoms with van der Waals surface area (Å²) < 4.78 is 37.5. The van der Waals surface area contributed by atoms with Crippen LogP contribution in [-0.4, -0.2) is 65.4 Å². The Morgan fingerprint density at radius 3 is 1.28 bits per heavy atom. The molecule has 0 saturated carbocycles. The van der Waals surface area contributed by atoms with Crippen molar-refractivity contribution in [3.05, 3.63) is 0 Å². The van der Waals surface area contributed by atoms with Crippen LogP contribution >= 0.6 is 21.2 Å². The van der Waals surface area contributed by atoms with Crippen molar-refractivity contribution in [2.75, 3.05) is 23.0 Å². The van der Waals surface area contributed by atoms with Gasteiger partial charge in [-0.05, 0) is 0 Å². The molecule has 106 valence electrons. The number of hydrogen-bond acceptors (Lipinski definition) is 8. The standard InChI is InChI=1S/C8H14O8S2/c9-3-7(11)5-17(13,14)1-2-18(15,16)6-8(12)4-10/h3-4,13-16H,1-2,5-6H2. The number of aldehydes is 2. The van der Waals surface area contributed by atoms with Gasteiger partial charge in [-0.25, -0.2) is 0 Å². The molecular formula is C8H14O8S2. The van der Waals surface area contributed by atoms with Crippen molar-refractivity contribution < 1.29 is 37.4 Å². The van der Waals surface area contributed by atoms with Crippen molar-refractivity contribution in [1.82, 2.24) is 0 Å². The molecule has 8 nitrogen and oxygen atoms in total. The molecule has 0 aliphatic rings. The minimum Gasteiger partial charge on any atom is -0.299 e. The van der Waals surface area contributed by atoms with Gasteiger partial charge in [0.15, 0.2) is 12.6 Å². The monoisotopic (exact) mass is 302 g/mol. The summed E-state index contributed by atoms with van der Waals surface area (Å²) >= 11 is 0. The van der Waals surface area contributed by atoms with E-state index in [2.05, 4.69) is 0 Å². The zero-order valence-corrected chi connectivity index (χ0v) is 10.9. The molecule has 0 fully saturated rings. The molecule has 0 spiro atoms. The molecule has 4 N–H and O–H groups in total. The van der Waals surface area contributed by atoms with E-state index in [0.29, 0.717) is 0 Å². The molecule has 0 heterocycles. The molecule has 0 aliphatic carbocycles. The van der Waals surface area contributed by atoms with Crippen LogP contribution in [0, 0.1) is 0 Å². The number of hydrogen-bond donors (Lipinski definition) is 4. The summed E-state index contributed by atoms with van der Waals surface area (Å²) in [5.74, 6) is -4.71. The zero-order chi connectivity index (χ0) is 14.4. The highest BCUT2D eigenvalue weighted by molar-refractivity contribution is 8.28. The van der Waals surface area contributed by atoms with Crippen molar-refractivity contribution in [2.24, 2.45) is 0 Å². The van der Waals surface area contributed by atoms with E-state index >= 15 is 0 Å². The maximum Gasteiger partial charge on any atom is 0.214 e. The summed E-state index contributed by atoms with van der Waals surface area (Å²) in [5.41, 5.74) is 0. The average Bonchev–Trinajstić information content (AvgIpc) is 2.25. The summed E-state index contributed by atoms with van der Waals surface area (Å²) in [5, 5.41) is 0. The van der Waals surface area contributed by atoms with Gasteiger partial charge in [-0.1, -0.05) is 0 Å². The maximum atomic E-state index is 10.7. The van der Waals surface area contributed by atoms with Gasteiger partial charge in [0.25, 0.3) is 0 Å². The van der Waals surface area contributed by atoms with Gasteiger partial charge < -0.3 is 0 Å². The van der Waals surface area contributed by atoms with Crippen LogP contribution in [0.2, 0.25) is 0 Å². The molecule has 18 heavy (non-hydrogen) atoms. The Morgan fingerprint density at radius 1 is 0.778 bits per heavy atom. The largest absolute Gasteiger partial charge is 0.299 e. The Morgan fingerprint density at radius 2 is 1.06 bits per heavy atom. The number of Topliss-reactive ketones (excluding diaryl/α,β-unsaturated/α-hetero) is 2. The van der Waals surface area contributed by atoms with E-state index in [1.54, 1.807) is 0 Å². The van der Waals surface area contributed by atoms with Gasteiger partial charge >= 0.3 is 0 Å². The van der Waals surface area contributed by atoms with Crippen LogP contribution in [0.5, 0.6) is 0 Å². The molecule has 0 aromatic heterocycles. The molecular weight excluding hydrogens is 288 g/mol. The number of carbonyl (C=O) groups is 4. The molecule has 0 atom stereocenters. The third kappa shape index (κ3) is 7.53. The number of carbonyl (C=O) groups excluding carboxylic acids is 4. The molecule has 0 unspecified atom stereocenters. The lowest BCUT2D eigenvalue weighted by atomic mass is 10.5. The van der Waals surface area contributed by atoms with Crippen molar-refractivity contribution in [3.63, 3.8) is 0 Å². The third-order valence-corrected chi connectivity index (χ3v) is 5.21. The van der Waals surface area contributed by atoms with Crippen molar-refractivity contribution in [1.29, 1.82) is 0 Å². The summed E-state index contributed by atoms with van der Waals surface area (Å²) in [7, 11) is -6.90. The van der Waals surface area contributed by atoms with Gasteiger partial charge in [-0.3, -0.25) is 37.4 Å². The minimum absolute atomic E-state index is 0.0674. The highest BCUT2D eigenvalue weighted by Crippen LogP contribution is 2.45. The molecule has 0 aromatic carbocycles. The van der Waals surface area contributed by atoms with E-state index in [9.17, 15) is 37.4 Å². The van der Waals surface area contributed by atoms with Gasteiger partial charge in [0.05, 0.1) is 11.5 Å². The highest BCUT2D eigenvalue weighted by Gasteiger charge is 2.23. The molecule has 0 amide bonds. The van der Waals surface area contributed by atoms with Gasteiger partial charge in [0.1, 0.15) is 11.5 Å². The van der Waals surface area contributed by atoms with Crippen molar-refractivity contribution in [2.45, 2.75) is 0 Å². The first-order valence-corrected chi connectivity index (χ1v) is 8.32. The SMILES string of the molecule is O=CC(=O)CS(O)(O)CCS(O)(O)CC(=O)C=O. The summed E-state index contributed by atoms with van der Waals surface area (Å²) in [6.07, 6.45) is -0.135. The molecule has 0 aromatic rings. The third-order valence-electron chi connectivity index (χ3n) is 1.75. The second-order valence-electron chi connectivity index (χ2n) is 3.47. The second-order valence-corrected chi connectivity index (χ2v) is 8.07. The molecule has 0 saturated heterocycles. The van der Waals surface area contributed by atoms with Crippen LogP contribution in [0.15, 0.2) is 0 Å². The topological polar surface area (TPSA) is 149 Å². The normalized spacial score (nSPS) is 13.8. The Balaban J connectivity index is 4.36. The maximum absolute atomic E-state index is 10.7. The van der Waals surface area contributed by atoms with Crippen LogP contribution in [0.1, 0.15) is 0 Å². The van der Waals surface area contributed by atoms with E-state index in [1.807, 2.05) is 0 Å². The van der Waals surface area contributed by atoms with E-state index < -0.39 is 55.8 Å². The first kappa shape index (κ1) is 17.2. The Labute approximate surface area is 106 Å². The van der Waals surface area contributed by atoms with Crippen LogP contribution in [-0.2, 0) is 19.2 Å². The molecule has 0 radical (unpaired) electrons. The van der Waals surface area contributed by atoms with Crippen LogP contribution in [0.4, 0.5) is 0 Å². The fraction of sp³-hybridized carbons (Fsp3) is 0.500. The fourth-order valence-electron chi connectivity index (χ4n) is 0.935. The lowest BCUT2D eigenvalue weighted by Gasteiger charge is -2.37. The second kappa shape index (κ2) is 6.97. The van der Waals surface area contributed by atoms with E-state index in [4.69, 9.17) is 0 Å². The van der Waals surface area contributed by atoms with E-state index in [1.165, 1.54) is 0 Å². The Bertz CT molecular complexity index is 317. The van der Waals surface area contributed by atoms with Gasteiger partial charge in [-0.15, -0.1) is 0 Å². The number of rotatable bonds is 9. The summed E-state index contributed by atoms with van der Waals surface area (Å²) in [6, 6.07) is 0. The van der Waals surface area contributed by atoms with Gasteiger partial charge in [0, 0.05) is 0 Å². The lowest BCUT2D eigenvalue weighted by Crippen LogP contribution is -2.23. The first-order chi connectivity index (χ1) is 8.12. The molecule has 10 heteroatoms. The fourth-order valence-corrected chi connectivity index (χ4v) is 4.41. The quantitative estimate of drug-likeness (QED) is 0.344. The summed E-state index contributed by atoms with van der Waals surface area (Å²) in [6.45, 7) is 0. The Hall–Kier alpha value is -0.780. The predicted octanol–water partition coefficient (Wildman–Crippen LogP) is 0.0236. The molecule has 0 rings (SSSR count). The first-order valence-electron chi connectivity index (χ1n) is 4.55. The van der Waals surface area contributed by atoms with Gasteiger partial charge in [-0.2, -0.15) is 21.2 Å². The molecule has 0 aliphatic heterocycles. The van der Waals surface area contributed by atoms with Gasteiger partial charge in [0.2, 0.25) is 11.6 Å². The molecule has 0 bridgehead atoms. The minimum atomic E-state index is -3.45. The average molecular weight is 302 g/mol. The predicted molar refractivity (Wildman–Crippen MR) is 67.3 cm³/mol. The van der Waals surface area contributed by atoms with Crippen molar-refractivity contribution in [3.8, 4) is 0 Å². The zero-order valence-electron chi connectivity index (χ0n) is 9.22. The van der Waals surface area contributed by atoms with Crippen molar-refractivity contribution >= 4 is 45.3 Å². The van der Waals surface area contributed by atoms with Crippen LogP contribution in [0.25, 0.3) is 0 Å². The van der Waals surface area contributed by atoms with E-state index in [-0.39, 0.29) is 12.6 Å². The van der Waals surface area contributed by atoms with Crippen LogP contribution < -0.4 is 0 Å². The number of ketones is 2. The smallest absolute Gasteiger partial charge is 0.214 e. The Kier molecular flexibility index (Phi) is 6.67. The van der Waals surface area contributed by atoms with Crippen LogP contribution in [0.3, 0.4) is 0 Å². The lowest BCUT2D eigenvalue weighted by molar-refractivity contribution is -0.128. The summed E-state index contributed by atoms with van der Waals surface area (Å²) in [4.78, 5) is 41.4.